The fourth-order valence-corrected chi connectivity index (χ4v) is 2.28. The predicted octanol–water partition coefficient (Wildman–Crippen LogP) is 1.62. The summed E-state index contributed by atoms with van der Waals surface area (Å²) >= 11 is 0. The van der Waals surface area contributed by atoms with E-state index >= 15 is 0 Å². The number of hydrogen-bond acceptors (Lipinski definition) is 2. The van der Waals surface area contributed by atoms with Gasteiger partial charge in [0.05, 0.1) is 0 Å². The molecule has 1 aliphatic rings. The van der Waals surface area contributed by atoms with Gasteiger partial charge < -0.3 is 10.6 Å². The van der Waals surface area contributed by atoms with Crippen molar-refractivity contribution in [1.29, 1.82) is 0 Å². The third-order valence-electron chi connectivity index (χ3n) is 3.14. The highest BCUT2D eigenvalue weighted by molar-refractivity contribution is 4.74. The highest BCUT2D eigenvalue weighted by Crippen LogP contribution is 2.27. The zero-order valence-corrected chi connectivity index (χ0v) is 9.10. The molecule has 1 fully saturated rings. The van der Waals surface area contributed by atoms with E-state index in [1.807, 2.05) is 0 Å². The molecule has 2 heteroatoms. The van der Waals surface area contributed by atoms with Crippen LogP contribution in [0.15, 0.2) is 0 Å². The van der Waals surface area contributed by atoms with E-state index in [0.29, 0.717) is 0 Å². The molecule has 0 aromatic carbocycles. The van der Waals surface area contributed by atoms with Crippen molar-refractivity contribution in [1.82, 2.24) is 10.6 Å². The van der Waals surface area contributed by atoms with Crippen LogP contribution in [0.2, 0.25) is 0 Å². The molecule has 2 N–H and O–H groups in total. The third kappa shape index (κ3) is 4.10. The zero-order chi connectivity index (χ0) is 9.52. The molecule has 0 atom stereocenters. The number of nitrogens with one attached hydrogen (secondary N) is 2. The Kier molecular flexibility index (Phi) is 5.40. The van der Waals surface area contributed by atoms with Gasteiger partial charge in [0.25, 0.3) is 0 Å². The van der Waals surface area contributed by atoms with Crippen molar-refractivity contribution in [3.63, 3.8) is 0 Å². The van der Waals surface area contributed by atoms with Crippen molar-refractivity contribution >= 4 is 0 Å². The fraction of sp³-hybridized carbons (Fsp3) is 1.00. The summed E-state index contributed by atoms with van der Waals surface area (Å²) in [4.78, 5) is 0. The summed E-state index contributed by atoms with van der Waals surface area (Å²) in [7, 11) is 2.06. The second-order valence-electron chi connectivity index (χ2n) is 4.25. The van der Waals surface area contributed by atoms with Crippen LogP contribution in [0.4, 0.5) is 0 Å². The fourth-order valence-electron chi connectivity index (χ4n) is 2.28. The van der Waals surface area contributed by atoms with E-state index in [4.69, 9.17) is 0 Å². The lowest BCUT2D eigenvalue weighted by molar-refractivity contribution is 0.265. The van der Waals surface area contributed by atoms with E-state index in [1.165, 1.54) is 38.8 Å². The van der Waals surface area contributed by atoms with Gasteiger partial charge >= 0.3 is 0 Å². The summed E-state index contributed by atoms with van der Waals surface area (Å²) in [5.74, 6) is 1.90. The van der Waals surface area contributed by atoms with E-state index in [-0.39, 0.29) is 0 Å². The van der Waals surface area contributed by atoms with E-state index < -0.39 is 0 Å². The molecule has 0 aliphatic heterocycles. The minimum absolute atomic E-state index is 0.947. The molecule has 13 heavy (non-hydrogen) atoms. The molecule has 0 saturated heterocycles. The molecule has 1 rings (SSSR count). The predicted molar refractivity (Wildman–Crippen MR) is 57.9 cm³/mol. The van der Waals surface area contributed by atoms with Crippen LogP contribution >= 0.6 is 0 Å². The van der Waals surface area contributed by atoms with Crippen LogP contribution in [0, 0.1) is 11.8 Å². The first kappa shape index (κ1) is 11.0. The Morgan fingerprint density at radius 1 is 1.00 bits per heavy atom. The molecule has 2 nitrogen and oxygen atoms in total. The summed E-state index contributed by atoms with van der Waals surface area (Å²) < 4.78 is 0. The first-order valence-corrected chi connectivity index (χ1v) is 5.72. The summed E-state index contributed by atoms with van der Waals surface area (Å²) in [6, 6.07) is 0. The molecule has 1 aliphatic carbocycles. The van der Waals surface area contributed by atoms with Gasteiger partial charge in [-0.2, -0.15) is 0 Å². The smallest absolute Gasteiger partial charge is 0.00206 e. The molecule has 1 saturated carbocycles. The topological polar surface area (TPSA) is 24.1 Å². The van der Waals surface area contributed by atoms with Crippen molar-refractivity contribution in [2.24, 2.45) is 11.8 Å². The number of rotatable bonds is 5. The van der Waals surface area contributed by atoms with E-state index in [0.717, 1.165) is 18.4 Å². The Balaban J connectivity index is 2.08. The highest BCUT2D eigenvalue weighted by atomic mass is 14.8. The average Bonchev–Trinajstić information content (AvgIpc) is 2.17. The molecule has 78 valence electrons. The maximum atomic E-state index is 3.45. The van der Waals surface area contributed by atoms with Gasteiger partial charge in [0.15, 0.2) is 0 Å². The second-order valence-corrected chi connectivity index (χ2v) is 4.25. The second kappa shape index (κ2) is 6.39. The van der Waals surface area contributed by atoms with Crippen molar-refractivity contribution < 1.29 is 0 Å². The molecule has 0 spiro atoms. The van der Waals surface area contributed by atoms with Gasteiger partial charge in [-0.15, -0.1) is 0 Å². The Morgan fingerprint density at radius 3 is 2.00 bits per heavy atom. The van der Waals surface area contributed by atoms with Gasteiger partial charge in [0.1, 0.15) is 0 Å². The van der Waals surface area contributed by atoms with E-state index in [9.17, 15) is 0 Å². The number of hydrogen-bond donors (Lipinski definition) is 2. The monoisotopic (exact) mass is 184 g/mol. The summed E-state index contributed by atoms with van der Waals surface area (Å²) in [6.45, 7) is 5.76. The minimum Gasteiger partial charge on any atom is -0.319 e. The van der Waals surface area contributed by atoms with Gasteiger partial charge in [0.2, 0.25) is 0 Å². The summed E-state index contributed by atoms with van der Waals surface area (Å²) in [5.41, 5.74) is 0. The quantitative estimate of drug-likeness (QED) is 0.678. The molecule has 0 amide bonds. The van der Waals surface area contributed by atoms with Crippen molar-refractivity contribution in [3.05, 3.63) is 0 Å². The normalized spacial score (nSPS) is 29.1. The zero-order valence-electron chi connectivity index (χ0n) is 9.10. The lowest BCUT2D eigenvalue weighted by Crippen LogP contribution is -2.29. The molecule has 0 unspecified atom stereocenters. The van der Waals surface area contributed by atoms with Gasteiger partial charge in [-0.1, -0.05) is 6.92 Å². The lowest BCUT2D eigenvalue weighted by Gasteiger charge is -2.28. The molecule has 0 heterocycles. The van der Waals surface area contributed by atoms with Gasteiger partial charge in [-0.05, 0) is 64.2 Å². The average molecular weight is 184 g/mol. The van der Waals surface area contributed by atoms with Crippen molar-refractivity contribution in [3.8, 4) is 0 Å². The van der Waals surface area contributed by atoms with E-state index in [2.05, 4.69) is 24.6 Å². The molecule has 0 aromatic heterocycles. The van der Waals surface area contributed by atoms with Gasteiger partial charge in [-0.3, -0.25) is 0 Å². The van der Waals surface area contributed by atoms with Gasteiger partial charge in [-0.25, -0.2) is 0 Å². The van der Waals surface area contributed by atoms with Gasteiger partial charge in [0, 0.05) is 0 Å². The molecule has 0 radical (unpaired) electrons. The first-order valence-electron chi connectivity index (χ1n) is 5.72. The largest absolute Gasteiger partial charge is 0.319 e. The maximum absolute atomic E-state index is 3.45. The summed E-state index contributed by atoms with van der Waals surface area (Å²) in [5, 5.41) is 6.73. The van der Waals surface area contributed by atoms with E-state index in [1.54, 1.807) is 0 Å². The third-order valence-corrected chi connectivity index (χ3v) is 3.14. The molecular formula is C11H24N2. The first-order chi connectivity index (χ1) is 6.36. The molecular weight excluding hydrogens is 160 g/mol. The standard InChI is InChI=1S/C11H24N2/c1-3-13-9-11-6-4-10(5-7-11)8-12-2/h10-13H,3-9H2,1-2H3. The van der Waals surface area contributed by atoms with Crippen LogP contribution in [-0.4, -0.2) is 26.7 Å². The summed E-state index contributed by atoms with van der Waals surface area (Å²) in [6.07, 6.45) is 5.71. The Hall–Kier alpha value is -0.0800. The van der Waals surface area contributed by atoms with Crippen LogP contribution in [0.3, 0.4) is 0 Å². The molecule has 0 bridgehead atoms. The lowest BCUT2D eigenvalue weighted by atomic mass is 9.82. The van der Waals surface area contributed by atoms with Crippen LogP contribution in [0.1, 0.15) is 32.6 Å². The van der Waals surface area contributed by atoms with Crippen LogP contribution < -0.4 is 10.6 Å². The minimum atomic E-state index is 0.947. The highest BCUT2D eigenvalue weighted by Gasteiger charge is 2.19. The Bertz CT molecular complexity index is 117. The van der Waals surface area contributed by atoms with Crippen molar-refractivity contribution in [2.75, 3.05) is 26.7 Å². The Labute approximate surface area is 82.5 Å². The van der Waals surface area contributed by atoms with Crippen LogP contribution in [-0.2, 0) is 0 Å². The molecule has 0 aromatic rings. The van der Waals surface area contributed by atoms with Crippen LogP contribution in [0.5, 0.6) is 0 Å². The maximum Gasteiger partial charge on any atom is -0.00206 e. The SMILES string of the molecule is CCNCC1CCC(CNC)CC1. The Morgan fingerprint density at radius 2 is 1.54 bits per heavy atom. The van der Waals surface area contributed by atoms with Crippen LogP contribution in [0.25, 0.3) is 0 Å². The van der Waals surface area contributed by atoms with Crippen molar-refractivity contribution in [2.45, 2.75) is 32.6 Å².